The second-order valence-electron chi connectivity index (χ2n) is 7.39. The summed E-state index contributed by atoms with van der Waals surface area (Å²) in [5, 5.41) is 14.7. The summed E-state index contributed by atoms with van der Waals surface area (Å²) in [6, 6.07) is 11.3. The van der Waals surface area contributed by atoms with Crippen LogP contribution in [0.15, 0.2) is 47.6 Å². The van der Waals surface area contributed by atoms with Gasteiger partial charge in [-0.2, -0.15) is 0 Å². The van der Waals surface area contributed by atoms with E-state index >= 15 is 0 Å². The fourth-order valence-corrected chi connectivity index (χ4v) is 4.05. The van der Waals surface area contributed by atoms with E-state index in [9.17, 15) is 14.0 Å². The van der Waals surface area contributed by atoms with Crippen LogP contribution in [0.4, 0.5) is 10.1 Å². The molecular formula is C23H26FN5O2S. The molecule has 0 fully saturated rings. The Hall–Kier alpha value is -3.20. The Morgan fingerprint density at radius 3 is 2.59 bits per heavy atom. The van der Waals surface area contributed by atoms with Gasteiger partial charge in [0.2, 0.25) is 5.91 Å². The van der Waals surface area contributed by atoms with Gasteiger partial charge in [-0.25, -0.2) is 4.39 Å². The fraction of sp³-hybridized carbons (Fsp3) is 0.304. The first-order valence-corrected chi connectivity index (χ1v) is 11.3. The Balaban J connectivity index is 1.65. The second-order valence-corrected chi connectivity index (χ2v) is 8.33. The molecule has 0 saturated carbocycles. The molecule has 0 radical (unpaired) electrons. The lowest BCUT2D eigenvalue weighted by Gasteiger charge is -2.16. The molecule has 0 bridgehead atoms. The van der Waals surface area contributed by atoms with Crippen LogP contribution in [0, 0.1) is 19.7 Å². The number of anilines is 1. The summed E-state index contributed by atoms with van der Waals surface area (Å²) in [5.74, 6) is -0.149. The topological polar surface area (TPSA) is 88.9 Å². The van der Waals surface area contributed by atoms with Gasteiger partial charge in [-0.05, 0) is 57.0 Å². The quantitative estimate of drug-likeness (QED) is 0.495. The molecule has 1 atom stereocenters. The molecule has 7 nitrogen and oxygen atoms in total. The highest BCUT2D eigenvalue weighted by atomic mass is 32.2. The van der Waals surface area contributed by atoms with Crippen LogP contribution in [0.3, 0.4) is 0 Å². The number of benzene rings is 2. The van der Waals surface area contributed by atoms with E-state index in [4.69, 9.17) is 0 Å². The molecule has 3 rings (SSSR count). The monoisotopic (exact) mass is 455 g/mol. The summed E-state index contributed by atoms with van der Waals surface area (Å²) in [4.78, 5) is 25.0. The predicted molar refractivity (Wildman–Crippen MR) is 123 cm³/mol. The molecule has 0 aliphatic heterocycles. The number of nitrogens with zero attached hydrogens (tertiary/aromatic N) is 3. The lowest BCUT2D eigenvalue weighted by molar-refractivity contribution is -0.113. The van der Waals surface area contributed by atoms with E-state index in [2.05, 4.69) is 20.8 Å². The molecule has 0 saturated heterocycles. The summed E-state index contributed by atoms with van der Waals surface area (Å²) in [6.45, 7) is 8.07. The van der Waals surface area contributed by atoms with Gasteiger partial charge in [0.05, 0.1) is 11.8 Å². The standard InChI is InChI=1S/C23H26FN5O2S/c1-5-29-21(16(4)25-22(31)18-9-7-6-8-14(18)2)27-28-23(29)32-13-20(30)26-19-12-17(24)11-10-15(19)3/h6-12,16H,5,13H2,1-4H3,(H,25,31)(H,26,30)/t16-/m0/s1. The van der Waals surface area contributed by atoms with Gasteiger partial charge < -0.3 is 15.2 Å². The van der Waals surface area contributed by atoms with E-state index in [1.54, 1.807) is 19.1 Å². The minimum Gasteiger partial charge on any atom is -0.342 e. The number of carbonyl (C=O) groups is 2. The van der Waals surface area contributed by atoms with Crippen LogP contribution in [0.25, 0.3) is 0 Å². The molecule has 0 spiro atoms. The van der Waals surface area contributed by atoms with Crippen molar-refractivity contribution in [1.29, 1.82) is 0 Å². The largest absolute Gasteiger partial charge is 0.342 e. The molecule has 3 aromatic rings. The molecule has 32 heavy (non-hydrogen) atoms. The van der Waals surface area contributed by atoms with E-state index in [-0.39, 0.29) is 23.6 Å². The number of hydrogen-bond donors (Lipinski definition) is 2. The predicted octanol–water partition coefficient (Wildman–Crippen LogP) is 4.28. The van der Waals surface area contributed by atoms with Gasteiger partial charge in [0, 0.05) is 17.8 Å². The lowest BCUT2D eigenvalue weighted by Crippen LogP contribution is -2.29. The number of rotatable bonds is 8. The Morgan fingerprint density at radius 2 is 1.88 bits per heavy atom. The van der Waals surface area contributed by atoms with Gasteiger partial charge in [0.1, 0.15) is 5.82 Å². The van der Waals surface area contributed by atoms with Gasteiger partial charge in [0.15, 0.2) is 11.0 Å². The maximum Gasteiger partial charge on any atom is 0.252 e. The van der Waals surface area contributed by atoms with Gasteiger partial charge in [-0.3, -0.25) is 9.59 Å². The first-order chi connectivity index (χ1) is 15.3. The van der Waals surface area contributed by atoms with Gasteiger partial charge in [0.25, 0.3) is 5.91 Å². The molecule has 0 aliphatic rings. The third kappa shape index (κ3) is 5.53. The van der Waals surface area contributed by atoms with E-state index in [0.29, 0.717) is 28.8 Å². The average molecular weight is 456 g/mol. The first-order valence-electron chi connectivity index (χ1n) is 10.3. The number of thioether (sulfide) groups is 1. The summed E-state index contributed by atoms with van der Waals surface area (Å²) >= 11 is 1.24. The molecule has 0 aliphatic carbocycles. The second kappa shape index (κ2) is 10.4. The van der Waals surface area contributed by atoms with Gasteiger partial charge in [-0.1, -0.05) is 36.0 Å². The fourth-order valence-electron chi connectivity index (χ4n) is 3.24. The third-order valence-corrected chi connectivity index (χ3v) is 5.96. The molecule has 2 aromatic carbocycles. The van der Waals surface area contributed by atoms with Crippen LogP contribution in [-0.4, -0.2) is 32.3 Å². The summed E-state index contributed by atoms with van der Waals surface area (Å²) in [5.41, 5.74) is 2.73. The van der Waals surface area contributed by atoms with Crippen LogP contribution in [0.5, 0.6) is 0 Å². The van der Waals surface area contributed by atoms with Crippen LogP contribution < -0.4 is 10.6 Å². The lowest BCUT2D eigenvalue weighted by atomic mass is 10.1. The van der Waals surface area contributed by atoms with Gasteiger partial charge in [-0.15, -0.1) is 10.2 Å². The number of halogens is 1. The third-order valence-electron chi connectivity index (χ3n) is 4.99. The number of nitrogens with one attached hydrogen (secondary N) is 2. The molecular weight excluding hydrogens is 429 g/mol. The number of aryl methyl sites for hydroxylation is 2. The highest BCUT2D eigenvalue weighted by Gasteiger charge is 2.21. The average Bonchev–Trinajstić information content (AvgIpc) is 3.18. The molecule has 2 N–H and O–H groups in total. The van der Waals surface area contributed by atoms with E-state index < -0.39 is 5.82 Å². The molecule has 0 unspecified atom stereocenters. The van der Waals surface area contributed by atoms with Crippen molar-refractivity contribution in [2.24, 2.45) is 0 Å². The number of hydrogen-bond acceptors (Lipinski definition) is 5. The normalized spacial score (nSPS) is 11.8. The minimum atomic E-state index is -0.407. The molecule has 1 heterocycles. The van der Waals surface area contributed by atoms with E-state index in [1.807, 2.05) is 43.5 Å². The zero-order valence-corrected chi connectivity index (χ0v) is 19.3. The van der Waals surface area contributed by atoms with Crippen LogP contribution in [0.1, 0.15) is 47.2 Å². The highest BCUT2D eigenvalue weighted by Crippen LogP contribution is 2.22. The molecule has 2 amide bonds. The van der Waals surface area contributed by atoms with Crippen LogP contribution in [0.2, 0.25) is 0 Å². The highest BCUT2D eigenvalue weighted by molar-refractivity contribution is 7.99. The van der Waals surface area contributed by atoms with Crippen LogP contribution >= 0.6 is 11.8 Å². The van der Waals surface area contributed by atoms with E-state index in [0.717, 1.165) is 11.1 Å². The summed E-state index contributed by atoms with van der Waals surface area (Å²) in [6.07, 6.45) is 0. The van der Waals surface area contributed by atoms with Crippen molar-refractivity contribution in [2.45, 2.75) is 45.4 Å². The SMILES string of the molecule is CCn1c(SCC(=O)Nc2cc(F)ccc2C)nnc1[C@H](C)NC(=O)c1ccccc1C. The molecule has 9 heteroatoms. The Bertz CT molecular complexity index is 1130. The molecule has 1 aromatic heterocycles. The summed E-state index contributed by atoms with van der Waals surface area (Å²) in [7, 11) is 0. The number of amides is 2. The Kier molecular flexibility index (Phi) is 7.63. The smallest absolute Gasteiger partial charge is 0.252 e. The number of carbonyl (C=O) groups excluding carboxylic acids is 2. The van der Waals surface area contributed by atoms with Crippen molar-refractivity contribution < 1.29 is 14.0 Å². The van der Waals surface area contributed by atoms with Crippen molar-refractivity contribution in [3.05, 3.63) is 70.8 Å². The summed E-state index contributed by atoms with van der Waals surface area (Å²) < 4.78 is 15.3. The zero-order chi connectivity index (χ0) is 23.3. The van der Waals surface area contributed by atoms with Crippen molar-refractivity contribution in [3.63, 3.8) is 0 Å². The molecule has 168 valence electrons. The Labute approximate surface area is 190 Å². The minimum absolute atomic E-state index is 0.0953. The van der Waals surface area contributed by atoms with Crippen LogP contribution in [-0.2, 0) is 11.3 Å². The van der Waals surface area contributed by atoms with Crippen molar-refractivity contribution in [1.82, 2.24) is 20.1 Å². The van der Waals surface area contributed by atoms with E-state index in [1.165, 1.54) is 23.9 Å². The first kappa shape index (κ1) is 23.5. The van der Waals surface area contributed by atoms with Gasteiger partial charge >= 0.3 is 0 Å². The maximum absolute atomic E-state index is 13.4. The van der Waals surface area contributed by atoms with Crippen molar-refractivity contribution >= 4 is 29.3 Å². The van der Waals surface area contributed by atoms with Crippen molar-refractivity contribution in [2.75, 3.05) is 11.1 Å². The zero-order valence-electron chi connectivity index (χ0n) is 18.5. The van der Waals surface area contributed by atoms with Crippen molar-refractivity contribution in [3.8, 4) is 0 Å². The maximum atomic E-state index is 13.4. The Morgan fingerprint density at radius 1 is 1.12 bits per heavy atom. The number of aromatic nitrogens is 3.